The lowest BCUT2D eigenvalue weighted by Crippen LogP contribution is -2.18. The number of fused-ring (bicyclic) bond motifs is 1. The van der Waals surface area contributed by atoms with Gasteiger partial charge in [0.2, 0.25) is 0 Å². The lowest BCUT2D eigenvalue weighted by Gasteiger charge is -2.08. The summed E-state index contributed by atoms with van der Waals surface area (Å²) < 4.78 is 0.678. The Morgan fingerprint density at radius 1 is 0.875 bits per heavy atom. The average Bonchev–Trinajstić information content (AvgIpc) is 2.81. The second-order valence-corrected chi connectivity index (χ2v) is 7.79. The lowest BCUT2D eigenvalue weighted by atomic mass is 10.0. The van der Waals surface area contributed by atoms with Crippen LogP contribution in [0.2, 0.25) is 0 Å². The minimum absolute atomic E-state index is 0.0680. The van der Waals surface area contributed by atoms with Crippen molar-refractivity contribution < 1.29 is 14.7 Å². The number of nitrogens with zero attached hydrogens (tertiary/aromatic N) is 1. The zero-order chi connectivity index (χ0) is 22.5. The molecule has 0 unspecified atom stereocenters. The lowest BCUT2D eigenvalue weighted by molar-refractivity contribution is 0.0953. The van der Waals surface area contributed by atoms with Gasteiger partial charge < -0.3 is 10.4 Å². The van der Waals surface area contributed by atoms with E-state index in [1.54, 1.807) is 48.5 Å². The first-order valence-electron chi connectivity index (χ1n) is 9.73. The van der Waals surface area contributed by atoms with Gasteiger partial charge in [-0.2, -0.15) is 5.10 Å². The molecule has 4 rings (SSSR count). The van der Waals surface area contributed by atoms with Gasteiger partial charge in [0.05, 0.1) is 11.8 Å². The largest absolute Gasteiger partial charge is 0.507 e. The van der Waals surface area contributed by atoms with E-state index in [0.29, 0.717) is 26.9 Å². The fourth-order valence-corrected chi connectivity index (χ4v) is 3.69. The fraction of sp³-hybridized carbons (Fsp3) is 0. The maximum atomic E-state index is 12.5. The Labute approximate surface area is 192 Å². The Morgan fingerprint density at radius 2 is 1.66 bits per heavy atom. The van der Waals surface area contributed by atoms with E-state index >= 15 is 0 Å². The molecule has 0 atom stereocenters. The molecule has 4 aromatic rings. The molecule has 2 amide bonds. The molecule has 6 nitrogen and oxygen atoms in total. The Bertz CT molecular complexity index is 1350. The van der Waals surface area contributed by atoms with Crippen molar-refractivity contribution in [2.45, 2.75) is 0 Å². The monoisotopic (exact) mass is 487 g/mol. The summed E-state index contributed by atoms with van der Waals surface area (Å²) in [6.07, 6.45) is 1.41. The number of carbonyl (C=O) groups excluding carboxylic acids is 2. The number of phenols is 1. The van der Waals surface area contributed by atoms with Crippen molar-refractivity contribution in [1.29, 1.82) is 0 Å². The van der Waals surface area contributed by atoms with Crippen LogP contribution in [0.15, 0.2) is 94.5 Å². The SMILES string of the molecule is O=C(NN=Cc1c(O)ccc2ccccc12)c1cccc(NC(=O)c2ccccc2Br)c1. The number of hydrogen-bond acceptors (Lipinski definition) is 4. The fourth-order valence-electron chi connectivity index (χ4n) is 3.22. The first kappa shape index (κ1) is 21.3. The zero-order valence-corrected chi connectivity index (χ0v) is 18.3. The predicted molar refractivity (Wildman–Crippen MR) is 129 cm³/mol. The molecule has 158 valence electrons. The number of amides is 2. The molecular formula is C25H18BrN3O3. The van der Waals surface area contributed by atoms with Crippen molar-refractivity contribution in [2.24, 2.45) is 5.10 Å². The maximum Gasteiger partial charge on any atom is 0.271 e. The summed E-state index contributed by atoms with van der Waals surface area (Å²) in [6, 6.07) is 24.6. The highest BCUT2D eigenvalue weighted by molar-refractivity contribution is 9.10. The molecule has 0 aliphatic heterocycles. The summed E-state index contributed by atoms with van der Waals surface area (Å²) >= 11 is 3.36. The van der Waals surface area contributed by atoms with Crippen molar-refractivity contribution in [3.05, 3.63) is 106 Å². The van der Waals surface area contributed by atoms with Gasteiger partial charge in [0.25, 0.3) is 11.8 Å². The van der Waals surface area contributed by atoms with E-state index in [4.69, 9.17) is 0 Å². The zero-order valence-electron chi connectivity index (χ0n) is 16.7. The Kier molecular flexibility index (Phi) is 6.28. The Morgan fingerprint density at radius 3 is 2.50 bits per heavy atom. The minimum atomic E-state index is -0.446. The Hall–Kier alpha value is -3.97. The number of aromatic hydroxyl groups is 1. The van der Waals surface area contributed by atoms with E-state index in [0.717, 1.165) is 10.8 Å². The third kappa shape index (κ3) is 4.68. The van der Waals surface area contributed by atoms with Gasteiger partial charge in [0.1, 0.15) is 5.75 Å². The summed E-state index contributed by atoms with van der Waals surface area (Å²) in [5.41, 5.74) is 4.27. The van der Waals surface area contributed by atoms with E-state index in [-0.39, 0.29) is 11.7 Å². The molecule has 0 fully saturated rings. The van der Waals surface area contributed by atoms with Crippen LogP contribution in [0.1, 0.15) is 26.3 Å². The van der Waals surface area contributed by atoms with E-state index < -0.39 is 5.91 Å². The average molecular weight is 488 g/mol. The summed E-state index contributed by atoms with van der Waals surface area (Å²) in [5.74, 6) is -0.670. The highest BCUT2D eigenvalue weighted by Gasteiger charge is 2.11. The normalized spacial score (nSPS) is 10.9. The van der Waals surface area contributed by atoms with Crippen molar-refractivity contribution >= 4 is 50.4 Å². The van der Waals surface area contributed by atoms with E-state index in [9.17, 15) is 14.7 Å². The van der Waals surface area contributed by atoms with Crippen LogP contribution in [0.25, 0.3) is 10.8 Å². The molecular weight excluding hydrogens is 470 g/mol. The number of nitrogens with one attached hydrogen (secondary N) is 2. The predicted octanol–water partition coefficient (Wildman–Crippen LogP) is 5.32. The first-order chi connectivity index (χ1) is 15.5. The number of carbonyl (C=O) groups is 2. The van der Waals surface area contributed by atoms with Crippen LogP contribution in [0.5, 0.6) is 5.75 Å². The number of hydrogen-bond donors (Lipinski definition) is 3. The van der Waals surface area contributed by atoms with Crippen LogP contribution in [-0.4, -0.2) is 23.1 Å². The van der Waals surface area contributed by atoms with Gasteiger partial charge in [-0.25, -0.2) is 5.43 Å². The standard InChI is InChI=1S/C25H18BrN3O3/c26-22-11-4-3-10-20(22)25(32)28-18-8-5-7-17(14-18)24(31)29-27-15-21-19-9-2-1-6-16(19)12-13-23(21)30/h1-15,30H,(H,28,32)(H,29,31). The smallest absolute Gasteiger partial charge is 0.271 e. The molecule has 0 saturated heterocycles. The molecule has 0 aromatic heterocycles. The van der Waals surface area contributed by atoms with Gasteiger partial charge in [-0.1, -0.05) is 48.5 Å². The first-order valence-corrected chi connectivity index (χ1v) is 10.5. The van der Waals surface area contributed by atoms with Crippen LogP contribution in [0, 0.1) is 0 Å². The quantitative estimate of drug-likeness (QED) is 0.262. The number of anilines is 1. The van der Waals surface area contributed by atoms with E-state index in [1.165, 1.54) is 6.21 Å². The van der Waals surface area contributed by atoms with Gasteiger partial charge in [0.15, 0.2) is 0 Å². The topological polar surface area (TPSA) is 90.8 Å². The van der Waals surface area contributed by atoms with Crippen molar-refractivity contribution in [3.63, 3.8) is 0 Å². The second kappa shape index (κ2) is 9.45. The highest BCUT2D eigenvalue weighted by Crippen LogP contribution is 2.25. The Balaban J connectivity index is 1.48. The number of phenolic OH excluding ortho intramolecular Hbond substituents is 1. The summed E-state index contributed by atoms with van der Waals surface area (Å²) in [4.78, 5) is 25.0. The molecule has 0 spiro atoms. The van der Waals surface area contributed by atoms with E-state index in [1.807, 2.05) is 36.4 Å². The maximum absolute atomic E-state index is 12.5. The third-order valence-corrected chi connectivity index (χ3v) is 5.50. The molecule has 4 aromatic carbocycles. The molecule has 0 aliphatic carbocycles. The van der Waals surface area contributed by atoms with Gasteiger partial charge in [-0.05, 0) is 63.1 Å². The van der Waals surface area contributed by atoms with Crippen molar-refractivity contribution in [3.8, 4) is 5.75 Å². The van der Waals surface area contributed by atoms with Gasteiger partial charge in [0, 0.05) is 21.3 Å². The van der Waals surface area contributed by atoms with Crippen LogP contribution < -0.4 is 10.7 Å². The van der Waals surface area contributed by atoms with Crippen LogP contribution in [-0.2, 0) is 0 Å². The number of benzene rings is 4. The van der Waals surface area contributed by atoms with Gasteiger partial charge in [-0.15, -0.1) is 0 Å². The van der Waals surface area contributed by atoms with Crippen LogP contribution >= 0.6 is 15.9 Å². The number of rotatable bonds is 5. The molecule has 0 saturated carbocycles. The summed E-state index contributed by atoms with van der Waals surface area (Å²) in [7, 11) is 0. The minimum Gasteiger partial charge on any atom is -0.507 e. The highest BCUT2D eigenvalue weighted by atomic mass is 79.9. The number of hydrazone groups is 1. The summed E-state index contributed by atoms with van der Waals surface area (Å²) in [6.45, 7) is 0. The third-order valence-electron chi connectivity index (χ3n) is 4.81. The number of halogens is 1. The molecule has 0 bridgehead atoms. The van der Waals surface area contributed by atoms with Crippen molar-refractivity contribution in [1.82, 2.24) is 5.43 Å². The van der Waals surface area contributed by atoms with E-state index in [2.05, 4.69) is 31.8 Å². The van der Waals surface area contributed by atoms with Gasteiger partial charge in [-0.3, -0.25) is 9.59 Å². The molecule has 32 heavy (non-hydrogen) atoms. The molecule has 0 heterocycles. The van der Waals surface area contributed by atoms with Crippen LogP contribution in [0.4, 0.5) is 5.69 Å². The van der Waals surface area contributed by atoms with Gasteiger partial charge >= 0.3 is 0 Å². The molecule has 0 aliphatic rings. The molecule has 0 radical (unpaired) electrons. The van der Waals surface area contributed by atoms with Crippen molar-refractivity contribution in [2.75, 3.05) is 5.32 Å². The molecule has 3 N–H and O–H groups in total. The van der Waals surface area contributed by atoms with Crippen LogP contribution in [0.3, 0.4) is 0 Å². The summed E-state index contributed by atoms with van der Waals surface area (Å²) in [5, 5.41) is 18.7. The second-order valence-electron chi connectivity index (χ2n) is 6.93. The molecule has 7 heteroatoms.